The molecule has 0 amide bonds. The van der Waals surface area contributed by atoms with E-state index < -0.39 is 22.2 Å². The minimum absolute atomic E-state index is 0.0309. The SMILES string of the molecule is [B]C1([B])OC(N)=N[C@]12c1cc(-c3cc(F)cc(C#N)c3)ccc1C[C@]21CC[C@@H](OC)[C@H](C)C1. The van der Waals surface area contributed by atoms with E-state index >= 15 is 0 Å². The van der Waals surface area contributed by atoms with Gasteiger partial charge in [0.1, 0.15) is 27.0 Å². The van der Waals surface area contributed by atoms with Gasteiger partial charge < -0.3 is 15.2 Å². The number of nitriles is 1. The Hall–Kier alpha value is -2.78. The molecule has 5 rings (SSSR count). The van der Waals surface area contributed by atoms with E-state index in [4.69, 9.17) is 35.9 Å². The standard InChI is InChI=1S/C25H24B2FN3O2/c1-14-11-23(6-5-21(14)32-2)12-17-4-3-16(18-7-15(13-29)8-19(28)9-18)10-20(17)24(23)25(26,27)33-22(30)31-24/h3-4,7-10,14,21H,5-6,11-12H2,1-2H3,(H2,30,31)/t14-,21-,23-,24+/m1/s1. The fourth-order valence-electron chi connectivity index (χ4n) is 6.56. The molecule has 2 spiro atoms. The van der Waals surface area contributed by atoms with E-state index in [1.807, 2.05) is 24.3 Å². The summed E-state index contributed by atoms with van der Waals surface area (Å²) in [6.07, 6.45) is 3.32. The molecule has 164 valence electrons. The summed E-state index contributed by atoms with van der Waals surface area (Å²) in [5, 5.41) is 7.64. The summed E-state index contributed by atoms with van der Waals surface area (Å²) in [6, 6.07) is 12.2. The molecule has 1 saturated carbocycles. The second kappa shape index (κ2) is 7.36. The van der Waals surface area contributed by atoms with Gasteiger partial charge in [-0.15, -0.1) is 0 Å². The van der Waals surface area contributed by atoms with Gasteiger partial charge in [-0.3, -0.25) is 0 Å². The monoisotopic (exact) mass is 439 g/mol. The van der Waals surface area contributed by atoms with Crippen LogP contribution in [0.4, 0.5) is 4.39 Å². The first-order valence-corrected chi connectivity index (χ1v) is 11.1. The van der Waals surface area contributed by atoms with Crippen LogP contribution in [0.25, 0.3) is 11.1 Å². The normalized spacial score (nSPS) is 31.8. The Morgan fingerprint density at radius 1 is 1.24 bits per heavy atom. The van der Waals surface area contributed by atoms with Crippen LogP contribution in [-0.4, -0.2) is 40.3 Å². The highest BCUT2D eigenvalue weighted by Gasteiger charge is 2.68. The zero-order valence-corrected chi connectivity index (χ0v) is 18.8. The Labute approximate surface area is 196 Å². The maximum atomic E-state index is 14.2. The highest BCUT2D eigenvalue weighted by atomic mass is 19.1. The highest BCUT2D eigenvalue weighted by molar-refractivity contribution is 6.41. The number of methoxy groups -OCH3 is 1. The fraction of sp³-hybridized carbons (Fsp3) is 0.440. The highest BCUT2D eigenvalue weighted by Crippen LogP contribution is 2.65. The quantitative estimate of drug-likeness (QED) is 0.729. The lowest BCUT2D eigenvalue weighted by atomic mass is 9.44. The average molecular weight is 439 g/mol. The molecular weight excluding hydrogens is 415 g/mol. The van der Waals surface area contributed by atoms with Gasteiger partial charge in [0.25, 0.3) is 6.02 Å². The number of benzene rings is 2. The number of fused-ring (bicyclic) bond motifs is 3. The lowest BCUT2D eigenvalue weighted by Crippen LogP contribution is -2.60. The molecular formula is C25H24B2FN3O2. The molecule has 0 bridgehead atoms. The summed E-state index contributed by atoms with van der Waals surface area (Å²) >= 11 is 0. The van der Waals surface area contributed by atoms with E-state index in [1.165, 1.54) is 12.1 Å². The Morgan fingerprint density at radius 2 is 2.03 bits per heavy atom. The number of amidine groups is 1. The minimum atomic E-state index is -1.64. The zero-order valence-electron chi connectivity index (χ0n) is 18.8. The van der Waals surface area contributed by atoms with Crippen molar-refractivity contribution in [3.63, 3.8) is 0 Å². The summed E-state index contributed by atoms with van der Waals surface area (Å²) in [6.45, 7) is 2.17. The van der Waals surface area contributed by atoms with Crippen LogP contribution in [0.3, 0.4) is 0 Å². The van der Waals surface area contributed by atoms with E-state index in [0.717, 1.165) is 42.4 Å². The molecule has 2 aromatic rings. The van der Waals surface area contributed by atoms with Crippen molar-refractivity contribution in [2.75, 3.05) is 7.11 Å². The lowest BCUT2D eigenvalue weighted by Gasteiger charge is -2.53. The molecule has 1 heterocycles. The molecule has 33 heavy (non-hydrogen) atoms. The van der Waals surface area contributed by atoms with Crippen molar-refractivity contribution in [1.29, 1.82) is 5.26 Å². The number of hydrogen-bond donors (Lipinski definition) is 1. The first-order chi connectivity index (χ1) is 15.6. The Morgan fingerprint density at radius 3 is 2.67 bits per heavy atom. The number of halogens is 1. The number of hydrogen-bond acceptors (Lipinski definition) is 5. The molecule has 0 saturated heterocycles. The molecule has 8 heteroatoms. The molecule has 0 unspecified atom stereocenters. The van der Waals surface area contributed by atoms with Crippen molar-refractivity contribution < 1.29 is 13.9 Å². The summed E-state index contributed by atoms with van der Waals surface area (Å²) in [5.74, 6) is -0.204. The van der Waals surface area contributed by atoms with Crippen molar-refractivity contribution in [3.05, 3.63) is 58.9 Å². The van der Waals surface area contributed by atoms with Crippen molar-refractivity contribution in [1.82, 2.24) is 0 Å². The smallest absolute Gasteiger partial charge is 0.281 e. The topological polar surface area (TPSA) is 80.6 Å². The number of nitrogens with two attached hydrogens (primary N) is 1. The van der Waals surface area contributed by atoms with Crippen LogP contribution in [0, 0.1) is 28.5 Å². The van der Waals surface area contributed by atoms with Gasteiger partial charge in [-0.2, -0.15) is 5.26 Å². The van der Waals surface area contributed by atoms with Gasteiger partial charge in [-0.25, -0.2) is 9.38 Å². The second-order valence-corrected chi connectivity index (χ2v) is 9.72. The van der Waals surface area contributed by atoms with Crippen LogP contribution in [0.2, 0.25) is 0 Å². The molecule has 4 radical (unpaired) electrons. The van der Waals surface area contributed by atoms with E-state index in [0.29, 0.717) is 5.56 Å². The molecule has 2 N–H and O–H groups in total. The van der Waals surface area contributed by atoms with Crippen LogP contribution in [0.5, 0.6) is 0 Å². The molecule has 2 aliphatic carbocycles. The van der Waals surface area contributed by atoms with E-state index in [1.54, 1.807) is 13.2 Å². The molecule has 5 nitrogen and oxygen atoms in total. The number of aliphatic imine (C=N–C) groups is 1. The maximum Gasteiger partial charge on any atom is 0.281 e. The minimum Gasteiger partial charge on any atom is -0.476 e. The third kappa shape index (κ3) is 3.05. The summed E-state index contributed by atoms with van der Waals surface area (Å²) in [5.41, 5.74) is 8.09. The van der Waals surface area contributed by atoms with Crippen LogP contribution >= 0.6 is 0 Å². The van der Waals surface area contributed by atoms with Crippen LogP contribution in [-0.2, 0) is 21.4 Å². The van der Waals surface area contributed by atoms with Crippen LogP contribution in [0.15, 0.2) is 41.4 Å². The van der Waals surface area contributed by atoms with Gasteiger partial charge in [0, 0.05) is 12.5 Å². The molecule has 0 aromatic heterocycles. The maximum absolute atomic E-state index is 14.2. The van der Waals surface area contributed by atoms with Crippen molar-refractivity contribution in [2.24, 2.45) is 22.1 Å². The van der Waals surface area contributed by atoms with E-state index in [-0.39, 0.29) is 23.6 Å². The fourth-order valence-corrected chi connectivity index (χ4v) is 6.56. The summed E-state index contributed by atoms with van der Waals surface area (Å²) in [7, 11) is 15.0. The molecule has 3 aliphatic rings. The van der Waals surface area contributed by atoms with Gasteiger partial charge >= 0.3 is 0 Å². The van der Waals surface area contributed by atoms with Gasteiger partial charge in [-0.1, -0.05) is 19.1 Å². The first kappa shape index (κ1) is 22.0. The Balaban J connectivity index is 1.70. The summed E-state index contributed by atoms with van der Waals surface area (Å²) in [4.78, 5) is 4.82. The number of nitrogens with zero attached hydrogens (tertiary/aromatic N) is 2. The van der Waals surface area contributed by atoms with Crippen molar-refractivity contribution in [3.8, 4) is 17.2 Å². The second-order valence-electron chi connectivity index (χ2n) is 9.72. The van der Waals surface area contributed by atoms with Gasteiger partial charge in [0.2, 0.25) is 0 Å². The summed E-state index contributed by atoms with van der Waals surface area (Å²) < 4.78 is 25.6. The van der Waals surface area contributed by atoms with Crippen molar-refractivity contribution in [2.45, 2.75) is 49.6 Å². The predicted molar refractivity (Wildman–Crippen MR) is 125 cm³/mol. The Bertz CT molecular complexity index is 1210. The molecule has 1 aliphatic heterocycles. The molecule has 1 fully saturated rings. The number of rotatable bonds is 2. The Kier molecular flexibility index (Phi) is 4.92. The predicted octanol–water partition coefficient (Wildman–Crippen LogP) is 3.27. The van der Waals surface area contributed by atoms with Crippen LogP contribution in [0.1, 0.15) is 42.9 Å². The molecule has 4 atom stereocenters. The molecule has 2 aromatic carbocycles. The van der Waals surface area contributed by atoms with Gasteiger partial charge in [0.15, 0.2) is 0 Å². The van der Waals surface area contributed by atoms with E-state index in [2.05, 4.69) is 6.92 Å². The average Bonchev–Trinajstić information content (AvgIpc) is 3.17. The third-order valence-corrected chi connectivity index (χ3v) is 7.83. The largest absolute Gasteiger partial charge is 0.476 e. The van der Waals surface area contributed by atoms with E-state index in [9.17, 15) is 9.65 Å². The van der Waals surface area contributed by atoms with Gasteiger partial charge in [-0.05, 0) is 78.1 Å². The van der Waals surface area contributed by atoms with Crippen LogP contribution < -0.4 is 5.73 Å². The van der Waals surface area contributed by atoms with Crippen molar-refractivity contribution >= 4 is 21.7 Å². The number of ether oxygens (including phenoxy) is 2. The van der Waals surface area contributed by atoms with Gasteiger partial charge in [0.05, 0.1) is 23.1 Å². The first-order valence-electron chi connectivity index (χ1n) is 11.1. The third-order valence-electron chi connectivity index (χ3n) is 7.83. The zero-order chi connectivity index (χ0) is 23.6. The lowest BCUT2D eigenvalue weighted by molar-refractivity contribution is -0.0559.